The molecule has 0 aromatic rings. The van der Waals surface area contributed by atoms with E-state index in [9.17, 15) is 4.79 Å². The molecule has 104 valence electrons. The molecule has 1 rings (SSSR count). The summed E-state index contributed by atoms with van der Waals surface area (Å²) in [6.45, 7) is 4.02. The van der Waals surface area contributed by atoms with E-state index in [-0.39, 0.29) is 23.2 Å². The van der Waals surface area contributed by atoms with Gasteiger partial charge in [0.05, 0.1) is 6.04 Å². The van der Waals surface area contributed by atoms with Crippen LogP contribution < -0.4 is 11.1 Å². The highest BCUT2D eigenvalue weighted by atomic mass is 16.4. The van der Waals surface area contributed by atoms with Crippen molar-refractivity contribution in [3.05, 3.63) is 0 Å². The van der Waals surface area contributed by atoms with Crippen LogP contribution in [0.1, 0.15) is 58.8 Å². The number of oxime groups is 1. The number of hydrogen-bond donors (Lipinski definition) is 3. The summed E-state index contributed by atoms with van der Waals surface area (Å²) < 4.78 is 0. The van der Waals surface area contributed by atoms with Gasteiger partial charge in [-0.25, -0.2) is 0 Å². The van der Waals surface area contributed by atoms with E-state index in [0.717, 1.165) is 32.1 Å². The third-order valence-electron chi connectivity index (χ3n) is 3.86. The quantitative estimate of drug-likeness (QED) is 0.304. The van der Waals surface area contributed by atoms with Gasteiger partial charge >= 0.3 is 0 Å². The second kappa shape index (κ2) is 6.61. The topological polar surface area (TPSA) is 87.7 Å². The standard InChI is InChI=1S/C13H25N3O2/c1-3-7-10(11(14)16-18)15-12(17)13(2)8-5-4-6-9-13/h10,18H,3-9H2,1-2H3,(H2,14,16)(H,15,17). The Morgan fingerprint density at radius 3 is 2.56 bits per heavy atom. The highest BCUT2D eigenvalue weighted by Gasteiger charge is 2.35. The molecule has 0 saturated heterocycles. The Labute approximate surface area is 109 Å². The van der Waals surface area contributed by atoms with Gasteiger partial charge < -0.3 is 16.3 Å². The average molecular weight is 255 g/mol. The van der Waals surface area contributed by atoms with Gasteiger partial charge in [-0.1, -0.05) is 44.7 Å². The molecule has 0 heterocycles. The number of hydrogen-bond acceptors (Lipinski definition) is 3. The van der Waals surface area contributed by atoms with Crippen molar-refractivity contribution in [3.8, 4) is 0 Å². The lowest BCUT2D eigenvalue weighted by Crippen LogP contribution is -2.50. The van der Waals surface area contributed by atoms with Crippen LogP contribution in [0.2, 0.25) is 0 Å². The van der Waals surface area contributed by atoms with Crippen molar-refractivity contribution in [2.45, 2.75) is 64.8 Å². The summed E-state index contributed by atoms with van der Waals surface area (Å²) in [4.78, 5) is 12.3. The first-order valence-electron chi connectivity index (χ1n) is 6.82. The van der Waals surface area contributed by atoms with Crippen molar-refractivity contribution in [1.82, 2.24) is 5.32 Å². The van der Waals surface area contributed by atoms with Gasteiger partial charge in [-0.05, 0) is 19.3 Å². The normalized spacial score (nSPS) is 21.3. The minimum absolute atomic E-state index is 0.0345. The molecule has 1 aliphatic rings. The summed E-state index contributed by atoms with van der Waals surface area (Å²) >= 11 is 0. The van der Waals surface area contributed by atoms with Crippen molar-refractivity contribution >= 4 is 11.7 Å². The van der Waals surface area contributed by atoms with Crippen molar-refractivity contribution in [2.24, 2.45) is 16.3 Å². The highest BCUT2D eigenvalue weighted by Crippen LogP contribution is 2.35. The molecule has 0 aromatic heterocycles. The molecule has 1 fully saturated rings. The summed E-state index contributed by atoms with van der Waals surface area (Å²) in [7, 11) is 0. The summed E-state index contributed by atoms with van der Waals surface area (Å²) in [5.41, 5.74) is 5.32. The monoisotopic (exact) mass is 255 g/mol. The van der Waals surface area contributed by atoms with E-state index < -0.39 is 0 Å². The highest BCUT2D eigenvalue weighted by molar-refractivity contribution is 5.91. The lowest BCUT2D eigenvalue weighted by Gasteiger charge is -2.33. The lowest BCUT2D eigenvalue weighted by molar-refractivity contribution is -0.132. The predicted molar refractivity (Wildman–Crippen MR) is 71.4 cm³/mol. The van der Waals surface area contributed by atoms with Gasteiger partial charge in [0, 0.05) is 5.41 Å². The Balaban J connectivity index is 2.65. The minimum atomic E-state index is -0.355. The van der Waals surface area contributed by atoms with Crippen LogP contribution in [0.5, 0.6) is 0 Å². The molecule has 0 aliphatic heterocycles. The molecule has 18 heavy (non-hydrogen) atoms. The number of rotatable bonds is 5. The summed E-state index contributed by atoms with van der Waals surface area (Å²) in [5, 5.41) is 14.7. The summed E-state index contributed by atoms with van der Waals surface area (Å²) in [6.07, 6.45) is 6.83. The third kappa shape index (κ3) is 3.62. The van der Waals surface area contributed by atoms with E-state index in [4.69, 9.17) is 10.9 Å². The Morgan fingerprint density at radius 2 is 2.06 bits per heavy atom. The fraction of sp³-hybridized carbons (Fsp3) is 0.846. The molecule has 5 heteroatoms. The van der Waals surface area contributed by atoms with Crippen LogP contribution in [0.4, 0.5) is 0 Å². The average Bonchev–Trinajstić information content (AvgIpc) is 2.38. The molecule has 1 saturated carbocycles. The Hall–Kier alpha value is -1.26. The van der Waals surface area contributed by atoms with Crippen LogP contribution in [0.25, 0.3) is 0 Å². The molecule has 1 unspecified atom stereocenters. The summed E-state index contributed by atoms with van der Waals surface area (Å²) in [5.74, 6) is 0.122. The number of nitrogens with zero attached hydrogens (tertiary/aromatic N) is 1. The maximum atomic E-state index is 12.3. The molecule has 1 atom stereocenters. The van der Waals surface area contributed by atoms with Crippen molar-refractivity contribution in [3.63, 3.8) is 0 Å². The molecule has 1 aliphatic carbocycles. The Morgan fingerprint density at radius 1 is 1.44 bits per heavy atom. The fourth-order valence-electron chi connectivity index (χ4n) is 2.54. The zero-order valence-corrected chi connectivity index (χ0v) is 11.4. The summed E-state index contributed by atoms with van der Waals surface area (Å²) in [6, 6.07) is -0.355. The largest absolute Gasteiger partial charge is 0.409 e. The van der Waals surface area contributed by atoms with Gasteiger partial charge in [-0.2, -0.15) is 0 Å². The maximum Gasteiger partial charge on any atom is 0.226 e. The third-order valence-corrected chi connectivity index (χ3v) is 3.86. The van der Waals surface area contributed by atoms with Crippen LogP contribution in [0.15, 0.2) is 5.16 Å². The zero-order chi connectivity index (χ0) is 13.6. The number of carbonyl (C=O) groups excluding carboxylic acids is 1. The SMILES string of the molecule is CCCC(NC(=O)C1(C)CCCCC1)C(N)=NO. The fourth-order valence-corrected chi connectivity index (χ4v) is 2.54. The van der Waals surface area contributed by atoms with Crippen molar-refractivity contribution < 1.29 is 10.0 Å². The van der Waals surface area contributed by atoms with Crippen molar-refractivity contribution in [1.29, 1.82) is 0 Å². The van der Waals surface area contributed by atoms with Gasteiger partial charge in [-0.15, -0.1) is 0 Å². The first-order valence-corrected chi connectivity index (χ1v) is 6.82. The van der Waals surface area contributed by atoms with E-state index in [1.54, 1.807) is 0 Å². The Kier molecular flexibility index (Phi) is 5.44. The van der Waals surface area contributed by atoms with Crippen LogP contribution in [0, 0.1) is 5.41 Å². The van der Waals surface area contributed by atoms with E-state index in [0.29, 0.717) is 6.42 Å². The molecule has 0 bridgehead atoms. The van der Waals surface area contributed by atoms with Crippen LogP contribution >= 0.6 is 0 Å². The number of amides is 1. The Bertz CT molecular complexity index is 309. The second-order valence-corrected chi connectivity index (χ2v) is 5.46. The van der Waals surface area contributed by atoms with Gasteiger partial charge in [0.1, 0.15) is 0 Å². The zero-order valence-electron chi connectivity index (χ0n) is 11.4. The van der Waals surface area contributed by atoms with Crippen LogP contribution in [-0.2, 0) is 4.79 Å². The number of nitrogens with two attached hydrogens (primary N) is 1. The first kappa shape index (κ1) is 14.8. The predicted octanol–water partition coefficient (Wildman–Crippen LogP) is 1.99. The molecule has 0 spiro atoms. The number of carbonyl (C=O) groups is 1. The molecular weight excluding hydrogens is 230 g/mol. The molecular formula is C13H25N3O2. The van der Waals surface area contributed by atoms with Gasteiger partial charge in [0.2, 0.25) is 5.91 Å². The lowest BCUT2D eigenvalue weighted by atomic mass is 9.75. The van der Waals surface area contributed by atoms with Crippen LogP contribution in [-0.4, -0.2) is 23.0 Å². The number of nitrogens with one attached hydrogen (secondary N) is 1. The van der Waals surface area contributed by atoms with E-state index in [1.807, 2.05) is 13.8 Å². The molecule has 1 amide bonds. The van der Waals surface area contributed by atoms with E-state index in [2.05, 4.69) is 10.5 Å². The van der Waals surface area contributed by atoms with E-state index in [1.165, 1.54) is 6.42 Å². The minimum Gasteiger partial charge on any atom is -0.409 e. The second-order valence-electron chi connectivity index (χ2n) is 5.46. The molecule has 0 radical (unpaired) electrons. The smallest absolute Gasteiger partial charge is 0.226 e. The maximum absolute atomic E-state index is 12.3. The van der Waals surface area contributed by atoms with Gasteiger partial charge in [0.25, 0.3) is 0 Å². The molecule has 4 N–H and O–H groups in total. The van der Waals surface area contributed by atoms with Gasteiger partial charge in [-0.3, -0.25) is 4.79 Å². The number of amidine groups is 1. The van der Waals surface area contributed by atoms with Gasteiger partial charge in [0.15, 0.2) is 5.84 Å². The van der Waals surface area contributed by atoms with Crippen LogP contribution in [0.3, 0.4) is 0 Å². The molecule has 5 nitrogen and oxygen atoms in total. The van der Waals surface area contributed by atoms with Crippen molar-refractivity contribution in [2.75, 3.05) is 0 Å². The van der Waals surface area contributed by atoms with E-state index >= 15 is 0 Å². The molecule has 0 aromatic carbocycles. The first-order chi connectivity index (χ1) is 8.53.